The molecule has 0 fully saturated rings. The predicted molar refractivity (Wildman–Crippen MR) is 655 cm³/mol. The number of nitrogens with one attached hydrogen (secondary N) is 4. The van der Waals surface area contributed by atoms with E-state index in [1.54, 1.807) is 0 Å². The van der Waals surface area contributed by atoms with Crippen LogP contribution in [0.1, 0.15) is 521 Å². The SMILES string of the molecule is CCCCCCC1=C(C)c2nc1cc1[nH]c(c(C)c1CCCCCC)c(-c1ccc(C#CC#CC#Cc3ccc(-c4c5nc(cc6[nH]c(c(C)c6CCCCCC)c(-c6cc(C(C)(C)C)cc(C(C)(C)C)c6)c6nc(cc7[nH]c4c(C)c7CCCCCC)C(CCCCCC)=C6C)C(CCCCCC)=C5C)cc3)cc1)c1nc(cc3[nH]c(c(C)c3CCCCCC)c2-c2cc(C(C)(C)C)cc(C(C)(C)C)c2)C(CCCCCC)=C1C. The van der Waals surface area contributed by atoms with Gasteiger partial charge in [-0.15, -0.1) is 0 Å². The van der Waals surface area contributed by atoms with Gasteiger partial charge in [-0.1, -0.05) is 365 Å². The molecule has 0 unspecified atom stereocenters. The second-order valence-corrected chi connectivity index (χ2v) is 48.9. The largest absolute Gasteiger partial charge is 0.354 e. The Labute approximate surface area is 907 Å². The van der Waals surface area contributed by atoms with Crippen LogP contribution >= 0.6 is 0 Å². The van der Waals surface area contributed by atoms with E-state index < -0.39 is 0 Å². The zero-order chi connectivity index (χ0) is 107. The summed E-state index contributed by atoms with van der Waals surface area (Å²) in [5, 5.41) is 0. The number of fused-ring (bicyclic) bond motifs is 16. The van der Waals surface area contributed by atoms with Gasteiger partial charge >= 0.3 is 0 Å². The van der Waals surface area contributed by atoms with Gasteiger partial charge in [0.25, 0.3) is 0 Å². The molecule has 14 rings (SSSR count). The first kappa shape index (κ1) is 114. The molecule has 8 nitrogen and oxygen atoms in total. The minimum atomic E-state index is -0.0934. The van der Waals surface area contributed by atoms with Crippen molar-refractivity contribution in [1.29, 1.82) is 0 Å². The highest BCUT2D eigenvalue weighted by atomic mass is 14.8. The van der Waals surface area contributed by atoms with E-state index in [9.17, 15) is 0 Å². The first-order chi connectivity index (χ1) is 72.0. The summed E-state index contributed by atoms with van der Waals surface area (Å²) in [5.41, 5.74) is 55.0. The van der Waals surface area contributed by atoms with Crippen LogP contribution < -0.4 is 0 Å². The number of allylic oxidation sites excluding steroid dienone is 8. The quantitative estimate of drug-likeness (QED) is 0.0225. The Morgan fingerprint density at radius 3 is 0.620 bits per heavy atom. The third kappa shape index (κ3) is 27.0. The Hall–Kier alpha value is -11.2. The maximum absolute atomic E-state index is 6.12. The lowest BCUT2D eigenvalue weighted by Crippen LogP contribution is -2.16. The van der Waals surface area contributed by atoms with Crippen LogP contribution in [0, 0.1) is 63.2 Å². The van der Waals surface area contributed by atoms with Crippen molar-refractivity contribution in [3.05, 3.63) is 233 Å². The van der Waals surface area contributed by atoms with Crippen LogP contribution in [0.15, 0.2) is 109 Å². The molecule has 0 atom stereocenters. The van der Waals surface area contributed by atoms with Crippen molar-refractivity contribution < 1.29 is 0 Å². The number of aromatic nitrogens is 8. The van der Waals surface area contributed by atoms with Gasteiger partial charge < -0.3 is 19.9 Å². The summed E-state index contributed by atoms with van der Waals surface area (Å²) >= 11 is 0. The van der Waals surface area contributed by atoms with Gasteiger partial charge in [0.15, 0.2) is 0 Å². The van der Waals surface area contributed by atoms with Gasteiger partial charge in [0.05, 0.1) is 67.6 Å². The average Bonchev–Trinajstić information content (AvgIpc) is 1.58. The Kier molecular flexibility index (Phi) is 39.6. The van der Waals surface area contributed by atoms with Crippen molar-refractivity contribution in [3.8, 4) is 80.0 Å². The molecule has 0 radical (unpaired) electrons. The van der Waals surface area contributed by atoms with Crippen LogP contribution in [-0.4, -0.2) is 39.9 Å². The van der Waals surface area contributed by atoms with E-state index in [1.807, 2.05) is 0 Å². The highest BCUT2D eigenvalue weighted by Gasteiger charge is 2.34. The molecule has 10 heterocycles. The first-order valence-electron chi connectivity index (χ1n) is 59.4. The van der Waals surface area contributed by atoms with E-state index in [1.165, 1.54) is 310 Å². The van der Waals surface area contributed by atoms with Crippen LogP contribution in [0.5, 0.6) is 0 Å². The van der Waals surface area contributed by atoms with Crippen LogP contribution in [0.2, 0.25) is 0 Å². The molecule has 16 bridgehead atoms. The van der Waals surface area contributed by atoms with Crippen molar-refractivity contribution in [2.45, 2.75) is 472 Å². The summed E-state index contributed by atoms with van der Waals surface area (Å²) in [5.74, 6) is 19.8. The van der Waals surface area contributed by atoms with E-state index in [-0.39, 0.29) is 21.7 Å². The molecule has 0 saturated carbocycles. The van der Waals surface area contributed by atoms with Gasteiger partial charge in [-0.05, 0) is 386 Å². The lowest BCUT2D eigenvalue weighted by atomic mass is 9.78. The second-order valence-electron chi connectivity index (χ2n) is 48.9. The molecule has 0 amide bonds. The van der Waals surface area contributed by atoms with Gasteiger partial charge in [0.1, 0.15) is 0 Å². The molecule has 4 aromatic carbocycles. The van der Waals surface area contributed by atoms with Crippen LogP contribution in [-0.2, 0) is 47.3 Å². The van der Waals surface area contributed by atoms with Crippen LogP contribution in [0.4, 0.5) is 0 Å². The monoisotopic (exact) mass is 2000 g/mol. The zero-order valence-corrected chi connectivity index (χ0v) is 98.5. The average molecular weight is 2010 g/mol. The van der Waals surface area contributed by atoms with Crippen molar-refractivity contribution in [2.75, 3.05) is 0 Å². The lowest BCUT2D eigenvalue weighted by Gasteiger charge is -2.26. The van der Waals surface area contributed by atoms with Crippen LogP contribution in [0.3, 0.4) is 0 Å². The van der Waals surface area contributed by atoms with E-state index in [0.29, 0.717) is 0 Å². The molecule has 4 aliphatic rings. The summed E-state index contributed by atoms with van der Waals surface area (Å²) in [6.07, 6.45) is 45.1. The second kappa shape index (κ2) is 51.9. The molecule has 150 heavy (non-hydrogen) atoms. The minimum absolute atomic E-state index is 0.0934. The maximum atomic E-state index is 6.12. The molecule has 10 aromatic rings. The Morgan fingerprint density at radius 2 is 0.420 bits per heavy atom. The first-order valence-corrected chi connectivity index (χ1v) is 59.4. The number of hydrogen-bond donors (Lipinski definition) is 4. The number of aryl methyl sites for hydroxylation is 8. The number of nitrogens with zero attached hydrogens (tertiary/aromatic N) is 4. The Morgan fingerprint density at radius 1 is 0.220 bits per heavy atom. The fraction of sp³-hybridized carbons (Fsp3) is 0.507. The van der Waals surface area contributed by atoms with Gasteiger partial charge in [0, 0.05) is 55.4 Å². The molecule has 0 saturated heterocycles. The topological polar surface area (TPSA) is 115 Å². The van der Waals surface area contributed by atoms with Gasteiger partial charge in [-0.25, -0.2) is 19.9 Å². The normalized spacial score (nSPS) is 13.1. The number of aromatic amines is 4. The molecule has 8 heteroatoms. The molecule has 0 aliphatic carbocycles. The number of hydrogen-bond acceptors (Lipinski definition) is 4. The number of rotatable bonds is 44. The van der Waals surface area contributed by atoms with Crippen molar-refractivity contribution in [1.82, 2.24) is 39.9 Å². The lowest BCUT2D eigenvalue weighted by molar-refractivity contribution is 0.568. The summed E-state index contributed by atoms with van der Waals surface area (Å²) in [4.78, 5) is 41.7. The zero-order valence-electron chi connectivity index (χ0n) is 98.5. The van der Waals surface area contributed by atoms with Crippen LogP contribution in [0.25, 0.3) is 133 Å². The minimum Gasteiger partial charge on any atom is -0.354 e. The molecule has 0 spiro atoms. The third-order valence-electron chi connectivity index (χ3n) is 33.2. The van der Waals surface area contributed by atoms with Crippen molar-refractivity contribution in [3.63, 3.8) is 0 Å². The van der Waals surface area contributed by atoms with Gasteiger partial charge in [0.2, 0.25) is 0 Å². The Balaban J connectivity index is 0.927. The molecular formula is C142H186N8. The van der Waals surface area contributed by atoms with Gasteiger partial charge in [-0.2, -0.15) is 0 Å². The fourth-order valence-corrected chi connectivity index (χ4v) is 23.5. The summed E-state index contributed by atoms with van der Waals surface area (Å²) < 4.78 is 0. The standard InChI is InChI=1S/C142H186N8/c1-29-37-45-57-67-111-93(9)131-127(132-94(10)112(68-58-46-38-30-2)120(144-132)90-124-116(72-62-50-42-34-6)98(14)136(148-124)129(105-83-107(139(17,18)19)87-108(84-105)140(20,21)22)135-97(13)115(71-61-49-41-33-5)123(147-135)89-119(111)143-131)103-79-75-101(76-80-103)65-55-53-54-56-66-102-77-81-104(82-78-102)128-133-95(11)113(69-59-47-39-31-3)121(145-133)91-125-117(73-63-51-43-35-7)99(15)137(149-125)130(106-85-109(141(23,24)25)88-110(86-106)142(26,27)28)138-100(16)118(74-64-52-44-36-8)126(150-138)92-122-114(70-60-48-40-32-4)96(12)134(128)146-122/h75-92,143,145,148,150H,29-52,57-64,67-74H2,1-28H3. The Bertz CT molecular complexity index is 6710. The summed E-state index contributed by atoms with van der Waals surface area (Å²) in [6.45, 7) is 66.2. The van der Waals surface area contributed by atoms with Gasteiger partial charge in [-0.3, -0.25) is 0 Å². The molecule has 4 aliphatic heterocycles. The molecule has 794 valence electrons. The molecule has 4 N–H and O–H groups in total. The summed E-state index contributed by atoms with van der Waals surface area (Å²) in [6, 6.07) is 42.8. The van der Waals surface area contributed by atoms with E-state index in [0.717, 1.165) is 204 Å². The summed E-state index contributed by atoms with van der Waals surface area (Å²) in [7, 11) is 0. The van der Waals surface area contributed by atoms with Crippen molar-refractivity contribution in [2.24, 2.45) is 0 Å². The molecule has 6 aromatic heterocycles. The fourth-order valence-electron chi connectivity index (χ4n) is 23.5. The van der Waals surface area contributed by atoms with Crippen molar-refractivity contribution >= 4 is 88.7 Å². The molecular weight excluding hydrogens is 1820 g/mol. The van der Waals surface area contributed by atoms with E-state index >= 15 is 0 Å². The highest BCUT2D eigenvalue weighted by Crippen LogP contribution is 2.51. The number of unbranched alkanes of at least 4 members (excludes halogenated alkanes) is 24. The number of H-pyrrole nitrogens is 4. The third-order valence-corrected chi connectivity index (χ3v) is 33.2. The van der Waals surface area contributed by atoms with E-state index in [2.05, 4.69) is 359 Å². The van der Waals surface area contributed by atoms with E-state index in [4.69, 9.17) is 19.9 Å². The smallest absolute Gasteiger partial charge is 0.0769 e. The number of benzene rings is 4. The highest BCUT2D eigenvalue weighted by molar-refractivity contribution is 6.07. The predicted octanol–water partition coefficient (Wildman–Crippen LogP) is 41.5. The maximum Gasteiger partial charge on any atom is 0.0769 e.